The molecule has 0 bridgehead atoms. The molecule has 7 heteroatoms. The Bertz CT molecular complexity index is 472. The van der Waals surface area contributed by atoms with Gasteiger partial charge in [-0.15, -0.1) is 34.2 Å². The summed E-state index contributed by atoms with van der Waals surface area (Å²) >= 11 is 0. The maximum absolute atomic E-state index is 4.70. The Kier molecular flexibility index (Phi) is 13.8. The number of nitrogens with zero attached hydrogens (tertiary/aromatic N) is 4. The normalized spacial score (nSPS) is 12.8. The molecule has 2 N–H and O–H groups in total. The average Bonchev–Trinajstić information content (AvgIpc) is 3.00. The van der Waals surface area contributed by atoms with Gasteiger partial charge < -0.3 is 15.2 Å². The van der Waals surface area contributed by atoms with Crippen LogP contribution in [0.3, 0.4) is 0 Å². The molecule has 0 aliphatic carbocycles. The molecule has 25 heavy (non-hydrogen) atoms. The molecular weight excluding hydrogens is 427 g/mol. The van der Waals surface area contributed by atoms with E-state index in [9.17, 15) is 0 Å². The largest absolute Gasteiger partial charge is 0.355 e. The minimum Gasteiger partial charge on any atom is -0.355 e. The highest BCUT2D eigenvalue weighted by atomic mass is 127. The number of hydrogen-bond acceptors (Lipinski definition) is 3. The van der Waals surface area contributed by atoms with Crippen molar-refractivity contribution in [2.24, 2.45) is 10.9 Å². The van der Waals surface area contributed by atoms with Gasteiger partial charge in [0.2, 0.25) is 0 Å². The van der Waals surface area contributed by atoms with Crippen LogP contribution in [0.15, 0.2) is 11.3 Å². The Morgan fingerprint density at radius 2 is 2.00 bits per heavy atom. The number of nitrogens with one attached hydrogen (secondary N) is 2. The van der Waals surface area contributed by atoms with Crippen molar-refractivity contribution in [3.8, 4) is 0 Å². The van der Waals surface area contributed by atoms with E-state index in [1.54, 1.807) is 6.33 Å². The van der Waals surface area contributed by atoms with Gasteiger partial charge in [0.05, 0.1) is 0 Å². The van der Waals surface area contributed by atoms with Crippen molar-refractivity contribution < 1.29 is 0 Å². The van der Waals surface area contributed by atoms with Crippen molar-refractivity contribution in [2.75, 3.05) is 13.1 Å². The first kappa shape index (κ1) is 24.1. The van der Waals surface area contributed by atoms with Gasteiger partial charge in [-0.25, -0.2) is 0 Å². The highest BCUT2D eigenvalue weighted by Gasteiger charge is 2.07. The fraction of sp³-hybridized carbons (Fsp3) is 0.833. The van der Waals surface area contributed by atoms with E-state index in [1.807, 2.05) is 0 Å². The minimum atomic E-state index is 0. The zero-order valence-corrected chi connectivity index (χ0v) is 18.9. The lowest BCUT2D eigenvalue weighted by Gasteiger charge is -2.19. The molecule has 1 aromatic rings. The monoisotopic (exact) mass is 464 g/mol. The lowest BCUT2D eigenvalue weighted by molar-refractivity contribution is 0.487. The van der Waals surface area contributed by atoms with Crippen molar-refractivity contribution in [3.05, 3.63) is 12.2 Å². The third kappa shape index (κ3) is 10.7. The van der Waals surface area contributed by atoms with Gasteiger partial charge in [-0.1, -0.05) is 34.1 Å². The maximum atomic E-state index is 4.70. The predicted octanol–water partition coefficient (Wildman–Crippen LogP) is 3.62. The van der Waals surface area contributed by atoms with E-state index >= 15 is 0 Å². The van der Waals surface area contributed by atoms with Gasteiger partial charge in [0.15, 0.2) is 5.96 Å². The van der Waals surface area contributed by atoms with Gasteiger partial charge in [-0.3, -0.25) is 4.99 Å². The summed E-state index contributed by atoms with van der Waals surface area (Å²) in [4.78, 5) is 4.70. The molecule has 0 fully saturated rings. The van der Waals surface area contributed by atoms with E-state index in [0.29, 0.717) is 6.04 Å². The van der Waals surface area contributed by atoms with Crippen LogP contribution in [0.5, 0.6) is 0 Å². The SMILES string of the molecule is CCCCN=C(NCCn1cnnc1CC)NC(C)CCC(C)C.I. The molecule has 1 aromatic heterocycles. The van der Waals surface area contributed by atoms with Crippen LogP contribution in [0.4, 0.5) is 0 Å². The Hall–Kier alpha value is -0.860. The number of hydrogen-bond donors (Lipinski definition) is 2. The van der Waals surface area contributed by atoms with Crippen LogP contribution in [-0.4, -0.2) is 39.9 Å². The molecule has 0 spiro atoms. The topological polar surface area (TPSA) is 67.1 Å². The first-order chi connectivity index (χ1) is 11.6. The molecule has 1 heterocycles. The Morgan fingerprint density at radius 3 is 2.64 bits per heavy atom. The van der Waals surface area contributed by atoms with Crippen LogP contribution in [0.1, 0.15) is 66.1 Å². The third-order valence-electron chi connectivity index (χ3n) is 4.00. The molecule has 0 aromatic carbocycles. The minimum absolute atomic E-state index is 0. The summed E-state index contributed by atoms with van der Waals surface area (Å²) in [7, 11) is 0. The number of rotatable bonds is 11. The lowest BCUT2D eigenvalue weighted by atomic mass is 10.0. The van der Waals surface area contributed by atoms with Gasteiger partial charge in [-0.2, -0.15) is 0 Å². The highest BCUT2D eigenvalue weighted by molar-refractivity contribution is 14.0. The first-order valence-corrected chi connectivity index (χ1v) is 9.48. The summed E-state index contributed by atoms with van der Waals surface area (Å²) in [6, 6.07) is 0.432. The molecular formula is C18H37IN6. The van der Waals surface area contributed by atoms with Crippen molar-refractivity contribution in [3.63, 3.8) is 0 Å². The van der Waals surface area contributed by atoms with Gasteiger partial charge in [0.25, 0.3) is 0 Å². The van der Waals surface area contributed by atoms with Crippen LogP contribution in [-0.2, 0) is 13.0 Å². The summed E-state index contributed by atoms with van der Waals surface area (Å²) in [5, 5.41) is 15.1. The second-order valence-electron chi connectivity index (χ2n) is 6.82. The van der Waals surface area contributed by atoms with Gasteiger partial charge in [-0.05, 0) is 32.1 Å². The molecule has 0 aliphatic heterocycles. The number of unbranched alkanes of at least 4 members (excludes halogenated alkanes) is 1. The van der Waals surface area contributed by atoms with Crippen molar-refractivity contribution in [1.82, 2.24) is 25.4 Å². The molecule has 0 saturated heterocycles. The van der Waals surface area contributed by atoms with E-state index < -0.39 is 0 Å². The Balaban J connectivity index is 0.00000576. The quantitative estimate of drug-likeness (QED) is 0.227. The second-order valence-corrected chi connectivity index (χ2v) is 6.82. The molecule has 1 rings (SSSR count). The summed E-state index contributed by atoms with van der Waals surface area (Å²) in [6.45, 7) is 13.6. The van der Waals surface area contributed by atoms with Crippen LogP contribution in [0.25, 0.3) is 0 Å². The summed E-state index contributed by atoms with van der Waals surface area (Å²) < 4.78 is 2.10. The van der Waals surface area contributed by atoms with Crippen LogP contribution >= 0.6 is 24.0 Å². The van der Waals surface area contributed by atoms with E-state index in [4.69, 9.17) is 4.99 Å². The zero-order chi connectivity index (χ0) is 17.8. The van der Waals surface area contributed by atoms with E-state index in [2.05, 4.69) is 60.0 Å². The number of guanidine groups is 1. The van der Waals surface area contributed by atoms with Gasteiger partial charge in [0, 0.05) is 32.1 Å². The van der Waals surface area contributed by atoms with Gasteiger partial charge >= 0.3 is 0 Å². The third-order valence-corrected chi connectivity index (χ3v) is 4.00. The molecule has 1 atom stereocenters. The smallest absolute Gasteiger partial charge is 0.191 e. The van der Waals surface area contributed by atoms with Crippen LogP contribution in [0, 0.1) is 5.92 Å². The summed E-state index contributed by atoms with van der Waals surface area (Å²) in [5.41, 5.74) is 0. The van der Waals surface area contributed by atoms with Crippen LogP contribution < -0.4 is 10.6 Å². The van der Waals surface area contributed by atoms with Crippen molar-refractivity contribution >= 4 is 29.9 Å². The molecule has 1 unspecified atom stereocenters. The molecule has 6 nitrogen and oxygen atoms in total. The Labute approximate surface area is 170 Å². The fourth-order valence-corrected chi connectivity index (χ4v) is 2.42. The Morgan fingerprint density at radius 1 is 1.24 bits per heavy atom. The zero-order valence-electron chi connectivity index (χ0n) is 16.6. The van der Waals surface area contributed by atoms with E-state index in [1.165, 1.54) is 12.8 Å². The second kappa shape index (κ2) is 14.3. The first-order valence-electron chi connectivity index (χ1n) is 9.48. The maximum Gasteiger partial charge on any atom is 0.191 e. The van der Waals surface area contributed by atoms with Crippen molar-refractivity contribution in [2.45, 2.75) is 79.3 Å². The number of aliphatic imine (C=N–C) groups is 1. The summed E-state index contributed by atoms with van der Waals surface area (Å²) in [5.74, 6) is 2.69. The van der Waals surface area contributed by atoms with E-state index in [-0.39, 0.29) is 24.0 Å². The predicted molar refractivity (Wildman–Crippen MR) is 117 cm³/mol. The lowest BCUT2D eigenvalue weighted by Crippen LogP contribution is -2.43. The van der Waals surface area contributed by atoms with Crippen LogP contribution in [0.2, 0.25) is 0 Å². The summed E-state index contributed by atoms with van der Waals surface area (Å²) in [6.07, 6.45) is 7.39. The number of aryl methyl sites for hydroxylation is 1. The highest BCUT2D eigenvalue weighted by Crippen LogP contribution is 2.06. The molecule has 0 aliphatic rings. The van der Waals surface area contributed by atoms with Gasteiger partial charge in [0.1, 0.15) is 12.2 Å². The van der Waals surface area contributed by atoms with E-state index in [0.717, 1.165) is 56.6 Å². The molecule has 0 radical (unpaired) electrons. The molecule has 146 valence electrons. The fourth-order valence-electron chi connectivity index (χ4n) is 2.42. The number of aromatic nitrogens is 3. The van der Waals surface area contributed by atoms with Crippen molar-refractivity contribution in [1.29, 1.82) is 0 Å². The average molecular weight is 464 g/mol. The molecule has 0 saturated carbocycles. The molecule has 0 amide bonds. The standard InChI is InChI=1S/C18H36N6.HI/c1-6-8-11-19-18(22-16(5)10-9-15(3)4)20-12-13-24-14-21-23-17(24)7-2;/h14-16H,6-13H2,1-5H3,(H2,19,20,22);1H. The number of halogens is 1.